The van der Waals surface area contributed by atoms with E-state index in [0.717, 1.165) is 12.1 Å². The van der Waals surface area contributed by atoms with Gasteiger partial charge in [-0.25, -0.2) is 9.69 Å². The quantitative estimate of drug-likeness (QED) is 0.759. The molecule has 0 fully saturated rings. The molecule has 1 aromatic rings. The lowest BCUT2D eigenvalue weighted by Crippen LogP contribution is -2.44. The highest BCUT2D eigenvalue weighted by atomic mass is 16.5. The van der Waals surface area contributed by atoms with Crippen molar-refractivity contribution in [2.24, 2.45) is 0 Å². The largest absolute Gasteiger partial charge is 0.465 e. The summed E-state index contributed by atoms with van der Waals surface area (Å²) < 4.78 is 5.14. The van der Waals surface area contributed by atoms with Gasteiger partial charge in [0.15, 0.2) is 0 Å². The second-order valence-corrected chi connectivity index (χ2v) is 3.35. The number of methoxy groups -OCH3 is 1. The second-order valence-electron chi connectivity index (χ2n) is 3.35. The normalized spacial score (nSPS) is 19.8. The van der Waals surface area contributed by atoms with E-state index in [-0.39, 0.29) is 0 Å². The number of anilines is 1. The third kappa shape index (κ3) is 1.66. The van der Waals surface area contributed by atoms with Crippen LogP contribution in [-0.4, -0.2) is 29.5 Å². The van der Waals surface area contributed by atoms with Crippen molar-refractivity contribution in [3.8, 4) is 0 Å². The number of aryl methyl sites for hydroxylation is 1. The summed E-state index contributed by atoms with van der Waals surface area (Å²) in [5.41, 5.74) is 1.44. The molecule has 1 aliphatic heterocycles. The van der Waals surface area contributed by atoms with Gasteiger partial charge in [0, 0.05) is 13.3 Å². The maximum atomic E-state index is 11.1. The van der Waals surface area contributed by atoms with Crippen LogP contribution in [0.5, 0.6) is 0 Å². The van der Waals surface area contributed by atoms with Crippen LogP contribution < -0.4 is 4.90 Å². The molecule has 2 heterocycles. The van der Waals surface area contributed by atoms with E-state index >= 15 is 0 Å². The van der Waals surface area contributed by atoms with Gasteiger partial charge in [0.25, 0.3) is 0 Å². The monoisotopic (exact) mass is 208 g/mol. The molecule has 0 saturated carbocycles. The van der Waals surface area contributed by atoms with Crippen molar-refractivity contribution >= 4 is 11.8 Å². The highest BCUT2D eigenvalue weighted by Crippen LogP contribution is 2.29. The van der Waals surface area contributed by atoms with E-state index in [1.165, 1.54) is 12.0 Å². The van der Waals surface area contributed by atoms with Crippen LogP contribution in [0, 0.1) is 0 Å². The topological polar surface area (TPSA) is 62.7 Å². The van der Waals surface area contributed by atoms with Crippen molar-refractivity contribution in [2.75, 3.05) is 12.0 Å². The number of aromatic nitrogens is 1. The van der Waals surface area contributed by atoms with E-state index in [1.54, 1.807) is 18.3 Å². The summed E-state index contributed by atoms with van der Waals surface area (Å²) in [6, 6.07) is 3.48. The van der Waals surface area contributed by atoms with E-state index < -0.39 is 12.3 Å². The lowest BCUT2D eigenvalue weighted by atomic mass is 10.1. The number of rotatable bonds is 1. The molecule has 5 heteroatoms. The Morgan fingerprint density at radius 1 is 1.73 bits per heavy atom. The predicted molar refractivity (Wildman–Crippen MR) is 53.9 cm³/mol. The molecule has 1 N–H and O–H groups in total. The number of hydrogen-bond acceptors (Lipinski definition) is 3. The highest BCUT2D eigenvalue weighted by molar-refractivity contribution is 5.87. The molecule has 1 aliphatic rings. The number of nitrogens with zero attached hydrogens (tertiary/aromatic N) is 2. The van der Waals surface area contributed by atoms with Crippen molar-refractivity contribution < 1.29 is 14.6 Å². The van der Waals surface area contributed by atoms with Gasteiger partial charge in [0.05, 0.1) is 11.4 Å². The molecule has 1 aromatic heterocycles. The van der Waals surface area contributed by atoms with Crippen LogP contribution >= 0.6 is 0 Å². The van der Waals surface area contributed by atoms with E-state index in [0.29, 0.717) is 12.1 Å². The molecule has 0 aromatic carbocycles. The molecule has 1 unspecified atom stereocenters. The zero-order valence-electron chi connectivity index (χ0n) is 8.38. The van der Waals surface area contributed by atoms with E-state index in [4.69, 9.17) is 9.84 Å². The molecule has 0 aliphatic carbocycles. The maximum absolute atomic E-state index is 11.1. The van der Waals surface area contributed by atoms with Crippen LogP contribution in [0.1, 0.15) is 12.1 Å². The third-order valence-corrected chi connectivity index (χ3v) is 2.52. The van der Waals surface area contributed by atoms with Crippen molar-refractivity contribution in [1.29, 1.82) is 0 Å². The maximum Gasteiger partial charge on any atom is 0.414 e. The summed E-state index contributed by atoms with van der Waals surface area (Å²) in [4.78, 5) is 16.5. The highest BCUT2D eigenvalue weighted by Gasteiger charge is 2.31. The predicted octanol–water partition coefficient (Wildman–Crippen LogP) is 1.48. The Labute approximate surface area is 87.3 Å². The number of amides is 1. The van der Waals surface area contributed by atoms with Gasteiger partial charge in [-0.1, -0.05) is 0 Å². The Kier molecular flexibility index (Phi) is 2.55. The Bertz CT molecular complexity index is 381. The summed E-state index contributed by atoms with van der Waals surface area (Å²) in [5.74, 6) is 0. The zero-order valence-corrected chi connectivity index (χ0v) is 8.38. The number of pyridine rings is 1. The minimum atomic E-state index is -1.00. The van der Waals surface area contributed by atoms with Crippen LogP contribution in [0.3, 0.4) is 0 Å². The lowest BCUT2D eigenvalue weighted by Gasteiger charge is -2.33. The Balaban J connectivity index is 2.43. The van der Waals surface area contributed by atoms with Gasteiger partial charge in [-0.2, -0.15) is 0 Å². The van der Waals surface area contributed by atoms with E-state index in [9.17, 15) is 4.79 Å². The molecule has 80 valence electrons. The average molecular weight is 208 g/mol. The zero-order chi connectivity index (χ0) is 10.8. The summed E-state index contributed by atoms with van der Waals surface area (Å²) in [5, 5.41) is 9.10. The molecule has 1 atom stereocenters. The molecule has 0 saturated heterocycles. The molecule has 2 rings (SSSR count). The fourth-order valence-electron chi connectivity index (χ4n) is 1.84. The number of ether oxygens (including phenoxy) is 1. The Morgan fingerprint density at radius 2 is 2.53 bits per heavy atom. The summed E-state index contributed by atoms with van der Waals surface area (Å²) in [6.45, 7) is 0. The van der Waals surface area contributed by atoms with Crippen molar-refractivity contribution in [3.05, 3.63) is 24.0 Å². The number of carboxylic acid groups (broad SMARTS) is 1. The standard InChI is InChI=1S/C10H12N2O3/c1-15-9-5-4-7-8(3-2-6-11-7)12(9)10(13)14/h2-3,6,9H,4-5H2,1H3,(H,13,14). The SMILES string of the molecule is COC1CCc2ncccc2N1C(=O)O. The van der Waals surface area contributed by atoms with Crippen molar-refractivity contribution in [2.45, 2.75) is 19.1 Å². The molecular weight excluding hydrogens is 196 g/mol. The summed E-state index contributed by atoms with van der Waals surface area (Å²) in [6.07, 6.45) is 1.66. The number of carbonyl (C=O) groups is 1. The minimum Gasteiger partial charge on any atom is -0.465 e. The van der Waals surface area contributed by atoms with Gasteiger partial charge >= 0.3 is 6.09 Å². The smallest absolute Gasteiger partial charge is 0.414 e. The molecule has 0 bridgehead atoms. The van der Waals surface area contributed by atoms with Crippen LogP contribution in [0.25, 0.3) is 0 Å². The number of hydrogen-bond donors (Lipinski definition) is 1. The average Bonchev–Trinajstić information content (AvgIpc) is 2.27. The molecular formula is C10H12N2O3. The molecule has 0 spiro atoms. The van der Waals surface area contributed by atoms with Crippen molar-refractivity contribution in [1.82, 2.24) is 4.98 Å². The third-order valence-electron chi connectivity index (χ3n) is 2.52. The van der Waals surface area contributed by atoms with Crippen LogP contribution in [0.2, 0.25) is 0 Å². The summed E-state index contributed by atoms with van der Waals surface area (Å²) in [7, 11) is 1.52. The fourth-order valence-corrected chi connectivity index (χ4v) is 1.84. The minimum absolute atomic E-state index is 0.404. The molecule has 5 nitrogen and oxygen atoms in total. The second kappa shape index (κ2) is 3.86. The Hall–Kier alpha value is -1.62. The fraction of sp³-hybridized carbons (Fsp3) is 0.400. The van der Waals surface area contributed by atoms with Gasteiger partial charge in [-0.3, -0.25) is 4.98 Å². The Morgan fingerprint density at radius 3 is 3.20 bits per heavy atom. The molecule has 15 heavy (non-hydrogen) atoms. The first-order valence-electron chi connectivity index (χ1n) is 4.73. The van der Waals surface area contributed by atoms with Gasteiger partial charge in [-0.15, -0.1) is 0 Å². The van der Waals surface area contributed by atoms with Gasteiger partial charge in [0.2, 0.25) is 0 Å². The van der Waals surface area contributed by atoms with Crippen LogP contribution in [0.4, 0.5) is 10.5 Å². The van der Waals surface area contributed by atoms with Gasteiger partial charge in [-0.05, 0) is 25.0 Å². The summed E-state index contributed by atoms with van der Waals surface area (Å²) >= 11 is 0. The first-order chi connectivity index (χ1) is 7.24. The van der Waals surface area contributed by atoms with Crippen LogP contribution in [0.15, 0.2) is 18.3 Å². The first-order valence-corrected chi connectivity index (χ1v) is 4.73. The van der Waals surface area contributed by atoms with Crippen LogP contribution in [-0.2, 0) is 11.2 Å². The first kappa shape index (κ1) is 9.92. The van der Waals surface area contributed by atoms with E-state index in [1.807, 2.05) is 0 Å². The van der Waals surface area contributed by atoms with Gasteiger partial charge in [0.1, 0.15) is 6.23 Å². The molecule has 0 radical (unpaired) electrons. The number of fused-ring (bicyclic) bond motifs is 1. The molecule has 1 amide bonds. The lowest BCUT2D eigenvalue weighted by molar-refractivity contribution is 0.0842. The van der Waals surface area contributed by atoms with Crippen molar-refractivity contribution in [3.63, 3.8) is 0 Å². The van der Waals surface area contributed by atoms with E-state index in [2.05, 4.69) is 4.98 Å². The van der Waals surface area contributed by atoms with Gasteiger partial charge < -0.3 is 9.84 Å².